The number of amides is 1. The van der Waals surface area contributed by atoms with E-state index in [-0.39, 0.29) is 43.3 Å². The van der Waals surface area contributed by atoms with Crippen LogP contribution in [0.3, 0.4) is 0 Å². The van der Waals surface area contributed by atoms with E-state index in [0.29, 0.717) is 11.8 Å². The van der Waals surface area contributed by atoms with E-state index in [9.17, 15) is 18.0 Å². The summed E-state index contributed by atoms with van der Waals surface area (Å²) in [5.74, 6) is -0.282. The highest BCUT2D eigenvalue weighted by atomic mass is 19.4. The Morgan fingerprint density at radius 3 is 2.57 bits per heavy atom. The van der Waals surface area contributed by atoms with Gasteiger partial charge in [-0.05, 0) is 31.1 Å². The number of nitrogens with zero attached hydrogens (tertiary/aromatic N) is 4. The lowest BCUT2D eigenvalue weighted by atomic mass is 9.84. The summed E-state index contributed by atoms with van der Waals surface area (Å²) < 4.78 is 39.6. The Labute approximate surface area is 130 Å². The maximum Gasteiger partial charge on any atom is 0.451 e. The smallest absolute Gasteiger partial charge is 0.333 e. The molecule has 1 amide bonds. The van der Waals surface area contributed by atoms with Crippen molar-refractivity contribution in [2.45, 2.75) is 44.6 Å². The molecule has 1 aliphatic heterocycles. The van der Waals surface area contributed by atoms with E-state index in [1.54, 1.807) is 4.90 Å². The van der Waals surface area contributed by atoms with Crippen molar-refractivity contribution in [3.05, 3.63) is 11.6 Å². The third-order valence-electron chi connectivity index (χ3n) is 5.58. The third kappa shape index (κ3) is 2.24. The Hall–Kier alpha value is -1.64. The van der Waals surface area contributed by atoms with Gasteiger partial charge in [0.05, 0.1) is 12.5 Å². The quantitative estimate of drug-likeness (QED) is 0.834. The van der Waals surface area contributed by atoms with E-state index in [2.05, 4.69) is 10.2 Å². The van der Waals surface area contributed by atoms with Crippen LogP contribution in [-0.4, -0.2) is 38.2 Å². The predicted molar refractivity (Wildman–Crippen MR) is 72.7 cm³/mol. The van der Waals surface area contributed by atoms with Crippen LogP contribution < -0.4 is 5.73 Å². The minimum Gasteiger partial charge on any atom is -0.333 e. The van der Waals surface area contributed by atoms with Crippen LogP contribution in [0, 0.1) is 17.8 Å². The fourth-order valence-electron chi connectivity index (χ4n) is 4.47. The Morgan fingerprint density at radius 1 is 1.17 bits per heavy atom. The first kappa shape index (κ1) is 14.9. The second-order valence-corrected chi connectivity index (χ2v) is 6.79. The van der Waals surface area contributed by atoms with Gasteiger partial charge < -0.3 is 15.2 Å². The van der Waals surface area contributed by atoms with Crippen molar-refractivity contribution in [3.8, 4) is 0 Å². The maximum absolute atomic E-state index is 12.8. The molecule has 2 fully saturated rings. The van der Waals surface area contributed by atoms with Crippen molar-refractivity contribution in [1.82, 2.24) is 19.7 Å². The SMILES string of the molecule is NC1C2CCC(C2)C1C(=O)N1CCn2c(nnc2C(F)(F)F)C1. The number of hydrogen-bond donors (Lipinski definition) is 1. The van der Waals surface area contributed by atoms with Gasteiger partial charge in [0, 0.05) is 19.1 Å². The Bertz CT molecular complexity index is 641. The highest BCUT2D eigenvalue weighted by Gasteiger charge is 2.50. The number of fused-ring (bicyclic) bond motifs is 3. The summed E-state index contributed by atoms with van der Waals surface area (Å²) >= 11 is 0. The van der Waals surface area contributed by atoms with Crippen LogP contribution in [0.15, 0.2) is 0 Å². The van der Waals surface area contributed by atoms with E-state index in [4.69, 9.17) is 5.73 Å². The van der Waals surface area contributed by atoms with Gasteiger partial charge in [-0.1, -0.05) is 0 Å². The van der Waals surface area contributed by atoms with Gasteiger partial charge in [0.25, 0.3) is 0 Å². The molecule has 4 rings (SSSR count). The number of aromatic nitrogens is 3. The molecule has 0 spiro atoms. The molecule has 1 aromatic heterocycles. The molecule has 126 valence electrons. The molecule has 3 aliphatic rings. The highest BCUT2D eigenvalue weighted by molar-refractivity contribution is 5.80. The molecule has 4 unspecified atom stereocenters. The number of hydrogen-bond acceptors (Lipinski definition) is 4. The molecule has 4 atom stereocenters. The number of carbonyl (C=O) groups excluding carboxylic acids is 1. The summed E-state index contributed by atoms with van der Waals surface area (Å²) in [6, 6.07) is -0.119. The standard InChI is InChI=1S/C14H18F3N5O/c15-14(16,17)13-20-19-9-6-21(3-4-22(9)13)12(23)10-7-1-2-8(5-7)11(10)18/h7-8,10-11H,1-6,18H2. The van der Waals surface area contributed by atoms with E-state index >= 15 is 0 Å². The molecule has 23 heavy (non-hydrogen) atoms. The van der Waals surface area contributed by atoms with Gasteiger partial charge in [0.15, 0.2) is 5.82 Å². The molecule has 2 N–H and O–H groups in total. The first-order chi connectivity index (χ1) is 10.9. The molecule has 2 bridgehead atoms. The van der Waals surface area contributed by atoms with Crippen LogP contribution in [0.5, 0.6) is 0 Å². The second-order valence-electron chi connectivity index (χ2n) is 6.79. The molecular weight excluding hydrogens is 311 g/mol. The first-order valence-corrected chi connectivity index (χ1v) is 7.90. The number of carbonyl (C=O) groups is 1. The minimum absolute atomic E-state index is 0.0347. The van der Waals surface area contributed by atoms with E-state index in [1.807, 2.05) is 0 Å². The van der Waals surface area contributed by atoms with E-state index in [0.717, 1.165) is 23.8 Å². The van der Waals surface area contributed by atoms with Gasteiger partial charge in [-0.15, -0.1) is 10.2 Å². The zero-order valence-corrected chi connectivity index (χ0v) is 12.5. The number of halogens is 3. The van der Waals surface area contributed by atoms with Crippen molar-refractivity contribution in [3.63, 3.8) is 0 Å². The van der Waals surface area contributed by atoms with E-state index in [1.165, 1.54) is 0 Å². The molecular formula is C14H18F3N5O. The van der Waals surface area contributed by atoms with Crippen molar-refractivity contribution in [2.75, 3.05) is 6.54 Å². The summed E-state index contributed by atoms with van der Waals surface area (Å²) in [6.45, 7) is 0.384. The summed E-state index contributed by atoms with van der Waals surface area (Å²) in [5.41, 5.74) is 6.20. The van der Waals surface area contributed by atoms with Crippen LogP contribution in [0.2, 0.25) is 0 Å². The van der Waals surface area contributed by atoms with E-state index < -0.39 is 12.0 Å². The van der Waals surface area contributed by atoms with Gasteiger partial charge in [-0.25, -0.2) is 0 Å². The molecule has 2 saturated carbocycles. The molecule has 9 heteroatoms. The van der Waals surface area contributed by atoms with Crippen molar-refractivity contribution in [2.24, 2.45) is 23.5 Å². The summed E-state index contributed by atoms with van der Waals surface area (Å²) in [7, 11) is 0. The van der Waals surface area contributed by atoms with Crippen LogP contribution in [-0.2, 0) is 24.1 Å². The molecule has 6 nitrogen and oxygen atoms in total. The predicted octanol–water partition coefficient (Wildman–Crippen LogP) is 1.01. The summed E-state index contributed by atoms with van der Waals surface area (Å²) in [6.07, 6.45) is -1.42. The van der Waals surface area contributed by atoms with Gasteiger partial charge in [0.1, 0.15) is 0 Å². The van der Waals surface area contributed by atoms with Crippen LogP contribution in [0.4, 0.5) is 13.2 Å². The van der Waals surface area contributed by atoms with Gasteiger partial charge in [-0.3, -0.25) is 4.79 Å². The fraction of sp³-hybridized carbons (Fsp3) is 0.786. The second kappa shape index (κ2) is 4.93. The zero-order valence-electron chi connectivity index (χ0n) is 12.5. The molecule has 0 saturated heterocycles. The maximum atomic E-state index is 12.8. The third-order valence-corrected chi connectivity index (χ3v) is 5.58. The van der Waals surface area contributed by atoms with Crippen LogP contribution >= 0.6 is 0 Å². The summed E-state index contributed by atoms with van der Waals surface area (Å²) in [5, 5.41) is 6.86. The van der Waals surface area contributed by atoms with Crippen molar-refractivity contribution < 1.29 is 18.0 Å². The Balaban J connectivity index is 1.53. The fourth-order valence-corrected chi connectivity index (χ4v) is 4.47. The lowest BCUT2D eigenvalue weighted by molar-refractivity contribution is -0.148. The summed E-state index contributed by atoms with van der Waals surface area (Å²) in [4.78, 5) is 14.4. The topological polar surface area (TPSA) is 77.0 Å². The largest absolute Gasteiger partial charge is 0.451 e. The lowest BCUT2D eigenvalue weighted by Crippen LogP contribution is -2.49. The van der Waals surface area contributed by atoms with Crippen LogP contribution in [0.1, 0.15) is 30.9 Å². The number of rotatable bonds is 1. The molecule has 2 aliphatic carbocycles. The zero-order chi connectivity index (χ0) is 16.4. The number of alkyl halides is 3. The normalized spacial score (nSPS) is 33.1. The molecule has 0 aromatic carbocycles. The highest BCUT2D eigenvalue weighted by Crippen LogP contribution is 2.48. The number of nitrogens with two attached hydrogens (primary N) is 1. The average Bonchev–Trinajstić information content (AvgIpc) is 3.18. The lowest BCUT2D eigenvalue weighted by Gasteiger charge is -2.34. The van der Waals surface area contributed by atoms with Gasteiger partial charge in [0.2, 0.25) is 11.7 Å². The van der Waals surface area contributed by atoms with Crippen LogP contribution in [0.25, 0.3) is 0 Å². The molecule has 2 heterocycles. The molecule has 1 aromatic rings. The van der Waals surface area contributed by atoms with Crippen molar-refractivity contribution in [1.29, 1.82) is 0 Å². The monoisotopic (exact) mass is 329 g/mol. The van der Waals surface area contributed by atoms with Gasteiger partial charge in [-0.2, -0.15) is 13.2 Å². The minimum atomic E-state index is -4.52. The first-order valence-electron chi connectivity index (χ1n) is 7.90. The van der Waals surface area contributed by atoms with Crippen molar-refractivity contribution >= 4 is 5.91 Å². The Kier molecular flexibility index (Phi) is 3.20. The average molecular weight is 329 g/mol. The van der Waals surface area contributed by atoms with Gasteiger partial charge >= 0.3 is 6.18 Å². The Morgan fingerprint density at radius 2 is 1.91 bits per heavy atom. The molecule has 0 radical (unpaired) electrons.